The van der Waals surface area contributed by atoms with E-state index in [1.807, 2.05) is 30.3 Å². The Morgan fingerprint density at radius 2 is 2.35 bits per heavy atom. The minimum atomic E-state index is -0.398. The third kappa shape index (κ3) is 2.25. The van der Waals surface area contributed by atoms with Gasteiger partial charge in [0.15, 0.2) is 0 Å². The van der Waals surface area contributed by atoms with Gasteiger partial charge in [-0.25, -0.2) is 9.78 Å². The zero-order valence-corrected chi connectivity index (χ0v) is 13.0. The molecule has 4 nitrogen and oxygen atoms in total. The highest BCUT2D eigenvalue weighted by atomic mass is 79.9. The zero-order valence-electron chi connectivity index (χ0n) is 10.6. The van der Waals surface area contributed by atoms with Crippen molar-refractivity contribution in [1.82, 2.24) is 9.88 Å². The van der Waals surface area contributed by atoms with Crippen LogP contribution >= 0.6 is 27.3 Å². The molecule has 0 fully saturated rings. The second-order valence-corrected chi connectivity index (χ2v) is 6.05. The molecule has 1 amide bonds. The van der Waals surface area contributed by atoms with Crippen LogP contribution in [0.2, 0.25) is 0 Å². The fraction of sp³-hybridized carbons (Fsp3) is 0.143. The van der Waals surface area contributed by atoms with Crippen molar-refractivity contribution in [2.75, 3.05) is 7.11 Å². The second kappa shape index (κ2) is 5.38. The van der Waals surface area contributed by atoms with E-state index in [9.17, 15) is 4.79 Å². The molecule has 1 aromatic heterocycles. The van der Waals surface area contributed by atoms with Crippen LogP contribution < -0.4 is 0 Å². The Morgan fingerprint density at radius 3 is 3.10 bits per heavy atom. The SMILES string of the molecule is COC(=O)N1C=Cc2scnc2C1c1cccc(Br)c1. The molecule has 1 aliphatic rings. The summed E-state index contributed by atoms with van der Waals surface area (Å²) in [7, 11) is 1.38. The summed E-state index contributed by atoms with van der Waals surface area (Å²) in [6.07, 6.45) is 3.24. The number of nitrogens with zero attached hydrogens (tertiary/aromatic N) is 2. The number of benzene rings is 1. The maximum Gasteiger partial charge on any atom is 0.414 e. The summed E-state index contributed by atoms with van der Waals surface area (Å²) in [5.74, 6) is 0. The number of hydrogen-bond acceptors (Lipinski definition) is 4. The molecule has 0 saturated heterocycles. The van der Waals surface area contributed by atoms with Gasteiger partial charge in [0.1, 0.15) is 6.04 Å². The highest BCUT2D eigenvalue weighted by molar-refractivity contribution is 9.10. The second-order valence-electron chi connectivity index (χ2n) is 4.25. The number of fused-ring (bicyclic) bond motifs is 1. The van der Waals surface area contributed by atoms with Crippen LogP contribution in [0, 0.1) is 0 Å². The zero-order chi connectivity index (χ0) is 14.1. The first-order valence-electron chi connectivity index (χ1n) is 5.94. The molecule has 6 heteroatoms. The summed E-state index contributed by atoms with van der Waals surface area (Å²) < 4.78 is 5.83. The Labute approximate surface area is 128 Å². The predicted molar refractivity (Wildman–Crippen MR) is 81.4 cm³/mol. The molecule has 1 aliphatic heterocycles. The molecule has 0 N–H and O–H groups in total. The minimum Gasteiger partial charge on any atom is -0.452 e. The number of rotatable bonds is 1. The summed E-state index contributed by atoms with van der Waals surface area (Å²) in [6.45, 7) is 0. The summed E-state index contributed by atoms with van der Waals surface area (Å²) >= 11 is 5.02. The Morgan fingerprint density at radius 1 is 1.50 bits per heavy atom. The number of carbonyl (C=O) groups excluding carboxylic acids is 1. The van der Waals surface area contributed by atoms with Gasteiger partial charge in [-0.1, -0.05) is 28.1 Å². The first-order chi connectivity index (χ1) is 9.70. The van der Waals surface area contributed by atoms with Crippen LogP contribution in [0.15, 0.2) is 40.4 Å². The molecule has 1 aromatic carbocycles. The summed E-state index contributed by atoms with van der Waals surface area (Å²) in [4.78, 5) is 19.0. The van der Waals surface area contributed by atoms with Gasteiger partial charge in [-0.3, -0.25) is 4.90 Å². The molecule has 3 rings (SSSR count). The molecule has 1 atom stereocenters. The van der Waals surface area contributed by atoms with E-state index in [0.29, 0.717) is 0 Å². The van der Waals surface area contributed by atoms with Gasteiger partial charge < -0.3 is 4.74 Å². The van der Waals surface area contributed by atoms with E-state index in [1.165, 1.54) is 7.11 Å². The maximum atomic E-state index is 12.0. The molecular formula is C14H11BrN2O2S. The van der Waals surface area contributed by atoms with E-state index < -0.39 is 6.09 Å². The average Bonchev–Trinajstić information content (AvgIpc) is 2.93. The lowest BCUT2D eigenvalue weighted by Crippen LogP contribution is -2.33. The Balaban J connectivity index is 2.12. The normalized spacial score (nSPS) is 16.9. The molecule has 0 spiro atoms. The van der Waals surface area contributed by atoms with Crippen molar-refractivity contribution in [3.63, 3.8) is 0 Å². The molecule has 0 radical (unpaired) electrons. The van der Waals surface area contributed by atoms with Crippen molar-refractivity contribution in [3.05, 3.63) is 56.6 Å². The number of hydrogen-bond donors (Lipinski definition) is 0. The van der Waals surface area contributed by atoms with Crippen molar-refractivity contribution in [1.29, 1.82) is 0 Å². The monoisotopic (exact) mass is 350 g/mol. The number of aromatic nitrogens is 1. The van der Waals surface area contributed by atoms with Crippen molar-refractivity contribution in [2.45, 2.75) is 6.04 Å². The van der Waals surface area contributed by atoms with Crippen LogP contribution in [0.3, 0.4) is 0 Å². The molecule has 1 unspecified atom stereocenters. The van der Waals surface area contributed by atoms with E-state index in [0.717, 1.165) is 20.6 Å². The third-order valence-corrected chi connectivity index (χ3v) is 4.40. The van der Waals surface area contributed by atoms with Crippen molar-refractivity contribution in [3.8, 4) is 0 Å². The number of ether oxygens (including phenoxy) is 1. The van der Waals surface area contributed by atoms with Gasteiger partial charge in [0, 0.05) is 10.7 Å². The van der Waals surface area contributed by atoms with E-state index in [1.54, 1.807) is 27.9 Å². The van der Waals surface area contributed by atoms with Crippen LogP contribution in [0.1, 0.15) is 22.2 Å². The van der Waals surface area contributed by atoms with Crippen molar-refractivity contribution >= 4 is 39.4 Å². The lowest BCUT2D eigenvalue weighted by molar-refractivity contribution is 0.130. The molecule has 20 heavy (non-hydrogen) atoms. The standard InChI is InChI=1S/C14H11BrN2O2S/c1-19-14(18)17-6-5-11-12(16-8-20-11)13(17)9-3-2-4-10(15)7-9/h2-8,13H,1H3. The van der Waals surface area contributed by atoms with Crippen LogP contribution in [-0.2, 0) is 4.74 Å². The van der Waals surface area contributed by atoms with Gasteiger partial charge in [-0.15, -0.1) is 11.3 Å². The minimum absolute atomic E-state index is 0.258. The number of halogens is 1. The molecule has 102 valence electrons. The van der Waals surface area contributed by atoms with Gasteiger partial charge in [0.05, 0.1) is 23.2 Å². The lowest BCUT2D eigenvalue weighted by Gasteiger charge is -2.30. The van der Waals surface area contributed by atoms with Crippen LogP contribution in [0.4, 0.5) is 4.79 Å². The van der Waals surface area contributed by atoms with Gasteiger partial charge in [-0.2, -0.15) is 0 Å². The van der Waals surface area contributed by atoms with Gasteiger partial charge in [0.2, 0.25) is 0 Å². The van der Waals surface area contributed by atoms with E-state index in [-0.39, 0.29) is 6.04 Å². The maximum absolute atomic E-state index is 12.0. The number of methoxy groups -OCH3 is 1. The number of thiazole rings is 1. The average molecular weight is 351 g/mol. The third-order valence-electron chi connectivity index (χ3n) is 3.10. The number of amides is 1. The lowest BCUT2D eigenvalue weighted by atomic mass is 9.99. The van der Waals surface area contributed by atoms with Gasteiger partial charge in [0.25, 0.3) is 0 Å². The summed E-state index contributed by atoms with van der Waals surface area (Å²) in [6, 6.07) is 7.61. The first kappa shape index (κ1) is 13.3. The first-order valence-corrected chi connectivity index (χ1v) is 7.61. The van der Waals surface area contributed by atoms with E-state index in [4.69, 9.17) is 4.74 Å². The van der Waals surface area contributed by atoms with Crippen LogP contribution in [0.25, 0.3) is 6.08 Å². The molecule has 2 heterocycles. The molecule has 0 bridgehead atoms. The topological polar surface area (TPSA) is 42.4 Å². The molecule has 2 aromatic rings. The summed E-state index contributed by atoms with van der Waals surface area (Å²) in [5.41, 5.74) is 3.66. The van der Waals surface area contributed by atoms with Crippen molar-refractivity contribution in [2.24, 2.45) is 0 Å². The van der Waals surface area contributed by atoms with Crippen LogP contribution in [0.5, 0.6) is 0 Å². The highest BCUT2D eigenvalue weighted by Gasteiger charge is 2.32. The smallest absolute Gasteiger partial charge is 0.414 e. The molecular weight excluding hydrogens is 340 g/mol. The van der Waals surface area contributed by atoms with Gasteiger partial charge in [-0.05, 0) is 23.8 Å². The molecule has 0 saturated carbocycles. The number of carbonyl (C=O) groups is 1. The fourth-order valence-corrected chi connectivity index (χ4v) is 3.35. The van der Waals surface area contributed by atoms with Gasteiger partial charge >= 0.3 is 6.09 Å². The Bertz CT molecular complexity index is 683. The van der Waals surface area contributed by atoms with E-state index in [2.05, 4.69) is 20.9 Å². The summed E-state index contributed by atoms with van der Waals surface area (Å²) in [5, 5.41) is 0. The van der Waals surface area contributed by atoms with Crippen molar-refractivity contribution < 1.29 is 9.53 Å². The van der Waals surface area contributed by atoms with Crippen LogP contribution in [-0.4, -0.2) is 23.1 Å². The van der Waals surface area contributed by atoms with E-state index >= 15 is 0 Å². The quantitative estimate of drug-likeness (QED) is 0.779. The Kier molecular flexibility index (Phi) is 3.58. The highest BCUT2D eigenvalue weighted by Crippen LogP contribution is 2.37. The Hall–Kier alpha value is -1.66. The molecule has 0 aliphatic carbocycles. The fourth-order valence-electron chi connectivity index (χ4n) is 2.23. The predicted octanol–water partition coefficient (Wildman–Crippen LogP) is 4.05. The largest absolute Gasteiger partial charge is 0.452 e.